The van der Waals surface area contributed by atoms with Crippen LogP contribution in [0, 0.1) is 5.92 Å². The second kappa shape index (κ2) is 2.49. The SMILES string of the molecule is CC1(c2ccsc2)CC1CCl. The molecular formula is C9H11ClS. The molecule has 0 bridgehead atoms. The van der Waals surface area contributed by atoms with E-state index in [-0.39, 0.29) is 0 Å². The standard InChI is InChI=1S/C9H11ClS/c1-9(4-8(9)5-10)7-2-3-11-6-7/h2-3,6,8H,4-5H2,1H3. The molecule has 2 rings (SSSR count). The molecule has 0 N–H and O–H groups in total. The van der Waals surface area contributed by atoms with Crippen LogP contribution in [0.3, 0.4) is 0 Å². The van der Waals surface area contributed by atoms with Gasteiger partial charge in [0.15, 0.2) is 0 Å². The Balaban J connectivity index is 2.19. The minimum absolute atomic E-state index is 0.418. The maximum Gasteiger partial charge on any atom is 0.0260 e. The second-order valence-corrected chi connectivity index (χ2v) is 4.57. The van der Waals surface area contributed by atoms with E-state index in [0.717, 1.165) is 11.8 Å². The number of hydrogen-bond acceptors (Lipinski definition) is 1. The van der Waals surface area contributed by atoms with Crippen molar-refractivity contribution in [1.82, 2.24) is 0 Å². The van der Waals surface area contributed by atoms with Crippen LogP contribution in [0.15, 0.2) is 16.8 Å². The number of thiophene rings is 1. The third kappa shape index (κ3) is 1.11. The minimum Gasteiger partial charge on any atom is -0.152 e. The van der Waals surface area contributed by atoms with Crippen LogP contribution in [0.25, 0.3) is 0 Å². The lowest BCUT2D eigenvalue weighted by Crippen LogP contribution is -2.02. The molecule has 0 aliphatic heterocycles. The lowest BCUT2D eigenvalue weighted by molar-refractivity contribution is 0.709. The highest BCUT2D eigenvalue weighted by atomic mass is 35.5. The molecule has 1 fully saturated rings. The van der Waals surface area contributed by atoms with E-state index >= 15 is 0 Å². The highest BCUT2D eigenvalue weighted by molar-refractivity contribution is 7.08. The molecule has 1 heterocycles. The van der Waals surface area contributed by atoms with Gasteiger partial charge >= 0.3 is 0 Å². The lowest BCUT2D eigenvalue weighted by Gasteiger charge is -2.06. The molecule has 1 aromatic rings. The first-order valence-electron chi connectivity index (χ1n) is 3.86. The molecule has 0 saturated heterocycles. The quantitative estimate of drug-likeness (QED) is 0.622. The lowest BCUT2D eigenvalue weighted by atomic mass is 10.00. The van der Waals surface area contributed by atoms with Crippen molar-refractivity contribution < 1.29 is 0 Å². The van der Waals surface area contributed by atoms with Gasteiger partial charge in [-0.2, -0.15) is 11.3 Å². The van der Waals surface area contributed by atoms with Gasteiger partial charge in [0.05, 0.1) is 0 Å². The highest BCUT2D eigenvalue weighted by Crippen LogP contribution is 2.54. The first-order chi connectivity index (χ1) is 5.27. The van der Waals surface area contributed by atoms with Crippen LogP contribution in [-0.4, -0.2) is 5.88 Å². The van der Waals surface area contributed by atoms with Crippen molar-refractivity contribution in [1.29, 1.82) is 0 Å². The van der Waals surface area contributed by atoms with E-state index in [1.807, 2.05) is 0 Å². The topological polar surface area (TPSA) is 0 Å². The number of rotatable bonds is 2. The summed E-state index contributed by atoms with van der Waals surface area (Å²) in [7, 11) is 0. The van der Waals surface area contributed by atoms with Gasteiger partial charge in [-0.15, -0.1) is 11.6 Å². The summed E-state index contributed by atoms with van der Waals surface area (Å²) in [6, 6.07) is 2.22. The Labute approximate surface area is 76.2 Å². The normalized spacial score (nSPS) is 35.6. The number of alkyl halides is 1. The molecule has 2 heteroatoms. The summed E-state index contributed by atoms with van der Waals surface area (Å²) in [6.45, 7) is 2.31. The van der Waals surface area contributed by atoms with Gasteiger partial charge in [-0.1, -0.05) is 6.92 Å². The Morgan fingerprint density at radius 1 is 1.82 bits per heavy atom. The van der Waals surface area contributed by atoms with Crippen molar-refractivity contribution in [3.05, 3.63) is 22.4 Å². The number of halogens is 1. The van der Waals surface area contributed by atoms with Crippen LogP contribution < -0.4 is 0 Å². The van der Waals surface area contributed by atoms with E-state index in [4.69, 9.17) is 11.6 Å². The molecular weight excluding hydrogens is 176 g/mol. The average molecular weight is 187 g/mol. The average Bonchev–Trinajstić information content (AvgIpc) is 2.55. The van der Waals surface area contributed by atoms with Crippen molar-refractivity contribution in [2.75, 3.05) is 5.88 Å². The minimum atomic E-state index is 0.418. The maximum atomic E-state index is 5.80. The summed E-state index contributed by atoms with van der Waals surface area (Å²) < 4.78 is 0. The molecule has 1 saturated carbocycles. The van der Waals surface area contributed by atoms with Crippen LogP contribution >= 0.6 is 22.9 Å². The third-order valence-corrected chi connectivity index (χ3v) is 3.83. The van der Waals surface area contributed by atoms with Gasteiger partial charge in [-0.05, 0) is 40.1 Å². The van der Waals surface area contributed by atoms with Crippen LogP contribution in [0.5, 0.6) is 0 Å². The molecule has 1 aromatic heterocycles. The highest BCUT2D eigenvalue weighted by Gasteiger charge is 2.50. The van der Waals surface area contributed by atoms with Crippen molar-refractivity contribution in [2.24, 2.45) is 5.92 Å². The molecule has 1 aliphatic carbocycles. The second-order valence-electron chi connectivity index (χ2n) is 3.48. The van der Waals surface area contributed by atoms with Gasteiger partial charge < -0.3 is 0 Å². The van der Waals surface area contributed by atoms with Crippen LogP contribution in [-0.2, 0) is 5.41 Å². The largest absolute Gasteiger partial charge is 0.152 e. The molecule has 0 radical (unpaired) electrons. The summed E-state index contributed by atoms with van der Waals surface area (Å²) in [5.41, 5.74) is 1.90. The molecule has 11 heavy (non-hydrogen) atoms. The zero-order valence-corrected chi connectivity index (χ0v) is 8.08. The predicted octanol–water partition coefficient (Wildman–Crippen LogP) is 3.26. The van der Waals surface area contributed by atoms with E-state index in [1.54, 1.807) is 11.3 Å². The van der Waals surface area contributed by atoms with Crippen molar-refractivity contribution in [2.45, 2.75) is 18.8 Å². The summed E-state index contributed by atoms with van der Waals surface area (Å²) in [5, 5.41) is 4.39. The predicted molar refractivity (Wildman–Crippen MR) is 50.5 cm³/mol. The van der Waals surface area contributed by atoms with Crippen molar-refractivity contribution in [3.63, 3.8) is 0 Å². The van der Waals surface area contributed by atoms with Gasteiger partial charge in [0, 0.05) is 5.88 Å². The first-order valence-corrected chi connectivity index (χ1v) is 5.34. The molecule has 0 aromatic carbocycles. The summed E-state index contributed by atoms with van der Waals surface area (Å²) in [4.78, 5) is 0. The molecule has 2 unspecified atom stereocenters. The van der Waals surface area contributed by atoms with Gasteiger partial charge in [-0.25, -0.2) is 0 Å². The van der Waals surface area contributed by atoms with Crippen LogP contribution in [0.2, 0.25) is 0 Å². The zero-order valence-electron chi connectivity index (χ0n) is 6.51. The zero-order chi connectivity index (χ0) is 7.90. The molecule has 0 spiro atoms. The molecule has 1 aliphatic rings. The maximum absolute atomic E-state index is 5.80. The van der Waals surface area contributed by atoms with Gasteiger partial charge in [-0.3, -0.25) is 0 Å². The van der Waals surface area contributed by atoms with Crippen LogP contribution in [0.1, 0.15) is 18.9 Å². The smallest absolute Gasteiger partial charge is 0.0260 e. The van der Waals surface area contributed by atoms with Crippen molar-refractivity contribution >= 4 is 22.9 Å². The fourth-order valence-electron chi connectivity index (χ4n) is 1.62. The Morgan fingerprint density at radius 3 is 3.09 bits per heavy atom. The van der Waals surface area contributed by atoms with Gasteiger partial charge in [0.2, 0.25) is 0 Å². The Morgan fingerprint density at radius 2 is 2.64 bits per heavy atom. The van der Waals surface area contributed by atoms with E-state index in [2.05, 4.69) is 23.8 Å². The van der Waals surface area contributed by atoms with Gasteiger partial charge in [0.1, 0.15) is 0 Å². The molecule has 2 atom stereocenters. The third-order valence-electron chi connectivity index (χ3n) is 2.78. The van der Waals surface area contributed by atoms with E-state index in [0.29, 0.717) is 5.41 Å². The van der Waals surface area contributed by atoms with Gasteiger partial charge in [0.25, 0.3) is 0 Å². The molecule has 60 valence electrons. The fraction of sp³-hybridized carbons (Fsp3) is 0.556. The van der Waals surface area contributed by atoms with Crippen LogP contribution in [0.4, 0.5) is 0 Å². The Kier molecular flexibility index (Phi) is 1.73. The summed E-state index contributed by atoms with van der Waals surface area (Å²) in [5.74, 6) is 1.53. The molecule has 0 amide bonds. The van der Waals surface area contributed by atoms with E-state index < -0.39 is 0 Å². The Bertz CT molecular complexity index is 242. The van der Waals surface area contributed by atoms with Crippen molar-refractivity contribution in [3.8, 4) is 0 Å². The molecule has 0 nitrogen and oxygen atoms in total. The summed E-state index contributed by atoms with van der Waals surface area (Å²) >= 11 is 7.58. The summed E-state index contributed by atoms with van der Waals surface area (Å²) in [6.07, 6.45) is 1.27. The number of hydrogen-bond donors (Lipinski definition) is 0. The first kappa shape index (κ1) is 7.63. The van der Waals surface area contributed by atoms with E-state index in [9.17, 15) is 0 Å². The fourth-order valence-corrected chi connectivity index (χ4v) is 2.87. The monoisotopic (exact) mass is 186 g/mol. The Hall–Kier alpha value is -0.0100. The van der Waals surface area contributed by atoms with E-state index in [1.165, 1.54) is 12.0 Å².